The molecule has 0 radical (unpaired) electrons. The first-order chi connectivity index (χ1) is 19.0. The summed E-state index contributed by atoms with van der Waals surface area (Å²) < 4.78 is 44.4. The van der Waals surface area contributed by atoms with Gasteiger partial charge in [-0.05, 0) is 68.9 Å². The number of sulfonamides is 1. The summed E-state index contributed by atoms with van der Waals surface area (Å²) in [6.45, 7) is 8.46. The first kappa shape index (κ1) is 33.9. The van der Waals surface area contributed by atoms with Gasteiger partial charge in [0.1, 0.15) is 11.4 Å². The summed E-state index contributed by atoms with van der Waals surface area (Å²) in [5.41, 5.74) is 4.46. The number of nitrogens with one attached hydrogen (secondary N) is 1. The van der Waals surface area contributed by atoms with Crippen molar-refractivity contribution in [3.05, 3.63) is 60.2 Å². The van der Waals surface area contributed by atoms with Crippen LogP contribution in [0.15, 0.2) is 59.5 Å². The molecule has 2 aromatic rings. The van der Waals surface area contributed by atoms with Gasteiger partial charge in [-0.1, -0.05) is 44.2 Å². The fraction of sp³-hybridized carbons (Fsp3) is 0.517. The Kier molecular flexibility index (Phi) is 12.0. The summed E-state index contributed by atoms with van der Waals surface area (Å²) in [5.74, 6) is 0.490. The number of primary amides is 1. The van der Waals surface area contributed by atoms with Crippen molar-refractivity contribution in [3.8, 4) is 5.75 Å². The monoisotopic (exact) mass is 593 g/mol. The lowest BCUT2D eigenvalue weighted by atomic mass is 9.89. The molecule has 2 amide bonds. The maximum atomic E-state index is 13.9. The fourth-order valence-electron chi connectivity index (χ4n) is 4.07. The average Bonchev–Trinajstić information content (AvgIpc) is 2.87. The van der Waals surface area contributed by atoms with Crippen LogP contribution in [0.2, 0.25) is 0 Å². The van der Waals surface area contributed by atoms with Crippen LogP contribution in [0.5, 0.6) is 5.75 Å². The Labute approximate surface area is 243 Å². The number of benzene rings is 2. The standard InChI is InChI=1S/C29H43N3O8S/c1-28(2,3)40-27(35)31-24(18-21-10-8-7-9-11-21)25(33)19-32(20-29(4,5)16-17-39-26(30)34)41(36,37)23-14-12-22(38-6)13-15-23/h7-15,24-25,33H,16-20H2,1-6H3,(H2,30,34)(H,31,35). The molecule has 0 aromatic heterocycles. The number of alkyl carbamates (subject to hydrolysis) is 1. The van der Waals surface area contributed by atoms with E-state index >= 15 is 0 Å². The molecule has 2 unspecified atom stereocenters. The van der Waals surface area contributed by atoms with Crippen molar-refractivity contribution in [1.82, 2.24) is 9.62 Å². The summed E-state index contributed by atoms with van der Waals surface area (Å²) in [7, 11) is -2.64. The summed E-state index contributed by atoms with van der Waals surface area (Å²) in [6.07, 6.45) is -2.42. The zero-order chi connectivity index (χ0) is 30.8. The van der Waals surface area contributed by atoms with Gasteiger partial charge in [0.05, 0.1) is 30.8 Å². The molecule has 2 atom stereocenters. The second-order valence-electron chi connectivity index (χ2n) is 11.6. The lowest BCUT2D eigenvalue weighted by molar-refractivity contribution is 0.0388. The predicted molar refractivity (Wildman–Crippen MR) is 155 cm³/mol. The number of ether oxygens (including phenoxy) is 3. The molecule has 0 saturated carbocycles. The molecule has 41 heavy (non-hydrogen) atoms. The number of methoxy groups -OCH3 is 1. The number of hydrogen-bond acceptors (Lipinski definition) is 8. The third-order valence-corrected chi connectivity index (χ3v) is 8.01. The lowest BCUT2D eigenvalue weighted by Crippen LogP contribution is -2.52. The van der Waals surface area contributed by atoms with E-state index in [1.54, 1.807) is 20.8 Å². The van der Waals surface area contributed by atoms with Crippen LogP contribution in [0.3, 0.4) is 0 Å². The summed E-state index contributed by atoms with van der Waals surface area (Å²) >= 11 is 0. The van der Waals surface area contributed by atoms with Crippen molar-refractivity contribution >= 4 is 22.2 Å². The highest BCUT2D eigenvalue weighted by molar-refractivity contribution is 7.89. The Morgan fingerprint density at radius 1 is 1.02 bits per heavy atom. The minimum absolute atomic E-state index is 0.00184. The predicted octanol–water partition coefficient (Wildman–Crippen LogP) is 3.69. The van der Waals surface area contributed by atoms with Gasteiger partial charge in [-0.3, -0.25) is 0 Å². The van der Waals surface area contributed by atoms with Crippen molar-refractivity contribution < 1.29 is 37.3 Å². The van der Waals surface area contributed by atoms with E-state index < -0.39 is 45.4 Å². The molecular weight excluding hydrogens is 550 g/mol. The van der Waals surface area contributed by atoms with Gasteiger partial charge in [0.2, 0.25) is 10.0 Å². The second kappa shape index (κ2) is 14.5. The number of nitrogens with two attached hydrogens (primary N) is 1. The smallest absolute Gasteiger partial charge is 0.407 e. The highest BCUT2D eigenvalue weighted by Gasteiger charge is 2.35. The third kappa shape index (κ3) is 11.6. The van der Waals surface area contributed by atoms with E-state index in [2.05, 4.69) is 5.32 Å². The third-order valence-electron chi connectivity index (χ3n) is 6.18. The number of aliphatic hydroxyl groups is 1. The molecule has 12 heteroatoms. The number of aliphatic hydroxyl groups excluding tert-OH is 1. The van der Waals surface area contributed by atoms with Gasteiger partial charge in [-0.15, -0.1) is 0 Å². The van der Waals surface area contributed by atoms with Crippen LogP contribution in [0.1, 0.15) is 46.6 Å². The molecule has 228 valence electrons. The van der Waals surface area contributed by atoms with Gasteiger partial charge >= 0.3 is 12.2 Å². The Morgan fingerprint density at radius 3 is 2.17 bits per heavy atom. The molecule has 11 nitrogen and oxygen atoms in total. The highest BCUT2D eigenvalue weighted by Crippen LogP contribution is 2.28. The van der Waals surface area contributed by atoms with E-state index in [1.165, 1.54) is 35.7 Å². The van der Waals surface area contributed by atoms with Crippen LogP contribution in [-0.4, -0.2) is 74.6 Å². The van der Waals surface area contributed by atoms with Gasteiger partial charge in [0.15, 0.2) is 0 Å². The Morgan fingerprint density at radius 2 is 1.63 bits per heavy atom. The molecule has 0 aliphatic carbocycles. The van der Waals surface area contributed by atoms with E-state index in [1.807, 2.05) is 44.2 Å². The van der Waals surface area contributed by atoms with Gasteiger partial charge in [0, 0.05) is 13.1 Å². The van der Waals surface area contributed by atoms with E-state index in [0.717, 1.165) is 5.56 Å². The van der Waals surface area contributed by atoms with Crippen molar-refractivity contribution in [2.45, 2.75) is 70.1 Å². The molecule has 0 bridgehead atoms. The molecule has 0 spiro atoms. The molecular formula is C29H43N3O8S. The average molecular weight is 594 g/mol. The first-order valence-corrected chi connectivity index (χ1v) is 14.7. The first-order valence-electron chi connectivity index (χ1n) is 13.3. The largest absolute Gasteiger partial charge is 0.497 e. The van der Waals surface area contributed by atoms with Crippen LogP contribution in [0.25, 0.3) is 0 Å². The van der Waals surface area contributed by atoms with E-state index in [0.29, 0.717) is 12.2 Å². The molecule has 2 aromatic carbocycles. The molecule has 0 aliphatic rings. The molecule has 0 fully saturated rings. The molecule has 0 heterocycles. The number of nitrogens with zero attached hydrogens (tertiary/aromatic N) is 1. The normalized spacial score (nSPS) is 13.8. The Hall–Kier alpha value is -3.35. The van der Waals surface area contributed by atoms with Crippen LogP contribution in [0, 0.1) is 5.41 Å². The highest BCUT2D eigenvalue weighted by atomic mass is 32.2. The summed E-state index contributed by atoms with van der Waals surface area (Å²) in [6, 6.07) is 14.3. The number of amides is 2. The maximum absolute atomic E-state index is 13.9. The van der Waals surface area contributed by atoms with E-state index in [9.17, 15) is 23.1 Å². The van der Waals surface area contributed by atoms with E-state index in [-0.39, 0.29) is 31.0 Å². The van der Waals surface area contributed by atoms with Crippen LogP contribution < -0.4 is 15.8 Å². The van der Waals surface area contributed by atoms with Crippen molar-refractivity contribution in [2.24, 2.45) is 11.1 Å². The molecule has 4 N–H and O–H groups in total. The minimum atomic E-state index is -4.12. The van der Waals surface area contributed by atoms with E-state index in [4.69, 9.17) is 19.9 Å². The lowest BCUT2D eigenvalue weighted by Gasteiger charge is -2.35. The summed E-state index contributed by atoms with van der Waals surface area (Å²) in [4.78, 5) is 23.8. The number of rotatable bonds is 14. The number of hydrogen-bond donors (Lipinski definition) is 3. The molecule has 2 rings (SSSR count). The van der Waals surface area contributed by atoms with Crippen molar-refractivity contribution in [1.29, 1.82) is 0 Å². The maximum Gasteiger partial charge on any atom is 0.407 e. The van der Waals surface area contributed by atoms with Crippen LogP contribution >= 0.6 is 0 Å². The van der Waals surface area contributed by atoms with Gasteiger partial charge in [-0.25, -0.2) is 18.0 Å². The quantitative estimate of drug-likeness (QED) is 0.299. The SMILES string of the molecule is COc1ccc(S(=O)(=O)N(CC(O)C(Cc2ccccc2)NC(=O)OC(C)(C)C)CC(C)(C)CCOC(N)=O)cc1. The van der Waals surface area contributed by atoms with Gasteiger partial charge < -0.3 is 30.4 Å². The van der Waals surface area contributed by atoms with Crippen LogP contribution in [0.4, 0.5) is 9.59 Å². The Balaban J connectivity index is 2.40. The topological polar surface area (TPSA) is 157 Å². The zero-order valence-corrected chi connectivity index (χ0v) is 25.4. The Bertz CT molecular complexity index is 1230. The minimum Gasteiger partial charge on any atom is -0.497 e. The summed E-state index contributed by atoms with van der Waals surface area (Å²) in [5, 5.41) is 14.2. The fourth-order valence-corrected chi connectivity index (χ4v) is 5.72. The second-order valence-corrected chi connectivity index (χ2v) is 13.5. The van der Waals surface area contributed by atoms with Crippen molar-refractivity contribution in [2.75, 3.05) is 26.8 Å². The van der Waals surface area contributed by atoms with Crippen molar-refractivity contribution in [3.63, 3.8) is 0 Å². The van der Waals surface area contributed by atoms with Gasteiger partial charge in [0.25, 0.3) is 0 Å². The van der Waals surface area contributed by atoms with Gasteiger partial charge in [-0.2, -0.15) is 4.31 Å². The molecule has 0 saturated heterocycles. The zero-order valence-electron chi connectivity index (χ0n) is 24.6. The number of carbonyl (C=O) groups is 2. The molecule has 0 aliphatic heterocycles. The van der Waals surface area contributed by atoms with Crippen LogP contribution in [-0.2, 0) is 25.9 Å². The number of carbonyl (C=O) groups excluding carboxylic acids is 2.